The average Bonchev–Trinajstić information content (AvgIpc) is 2.93. The van der Waals surface area contributed by atoms with Crippen LogP contribution in [0.2, 0.25) is 0 Å². The predicted octanol–water partition coefficient (Wildman–Crippen LogP) is 2.00. The molecule has 0 radical (unpaired) electrons. The van der Waals surface area contributed by atoms with Gasteiger partial charge in [-0.05, 0) is 32.9 Å². The molecule has 0 bridgehead atoms. The zero-order valence-corrected chi connectivity index (χ0v) is 14.9. The molecule has 0 aliphatic carbocycles. The number of ether oxygens (including phenoxy) is 1. The molecule has 124 valence electrons. The van der Waals surface area contributed by atoms with Crippen molar-refractivity contribution in [2.24, 2.45) is 4.99 Å². The zero-order chi connectivity index (χ0) is 15.9. The number of aryl methyl sites for hydroxylation is 1. The summed E-state index contributed by atoms with van der Waals surface area (Å²) in [5.41, 5.74) is 0. The first kappa shape index (κ1) is 17.2. The molecule has 6 heteroatoms. The summed E-state index contributed by atoms with van der Waals surface area (Å²) in [6, 6.07) is 5.19. The van der Waals surface area contributed by atoms with E-state index in [1.807, 2.05) is 18.4 Å². The predicted molar refractivity (Wildman–Crippen MR) is 93.8 cm³/mol. The van der Waals surface area contributed by atoms with Gasteiger partial charge in [0, 0.05) is 42.5 Å². The van der Waals surface area contributed by atoms with Crippen LogP contribution < -0.4 is 10.6 Å². The Hall–Kier alpha value is -1.11. The number of nitrogens with one attached hydrogen (secondary N) is 2. The lowest BCUT2D eigenvalue weighted by atomic mass is 10.2. The highest BCUT2D eigenvalue weighted by Gasteiger charge is 2.24. The molecule has 2 heterocycles. The van der Waals surface area contributed by atoms with E-state index in [2.05, 4.69) is 53.4 Å². The number of aliphatic imine (C=N–C) groups is 1. The van der Waals surface area contributed by atoms with Gasteiger partial charge in [-0.2, -0.15) is 0 Å². The van der Waals surface area contributed by atoms with Crippen LogP contribution >= 0.6 is 11.3 Å². The third kappa shape index (κ3) is 4.97. The number of hydrogen-bond donors (Lipinski definition) is 2. The maximum atomic E-state index is 5.50. The zero-order valence-electron chi connectivity index (χ0n) is 14.1. The Morgan fingerprint density at radius 1 is 1.36 bits per heavy atom. The van der Waals surface area contributed by atoms with Gasteiger partial charge < -0.3 is 15.4 Å². The van der Waals surface area contributed by atoms with Crippen molar-refractivity contribution >= 4 is 17.3 Å². The highest BCUT2D eigenvalue weighted by atomic mass is 32.1. The van der Waals surface area contributed by atoms with E-state index >= 15 is 0 Å². The lowest BCUT2D eigenvalue weighted by Gasteiger charge is -2.34. The summed E-state index contributed by atoms with van der Waals surface area (Å²) in [6.07, 6.45) is 0. The minimum absolute atomic E-state index is 0.369. The Balaban J connectivity index is 2.04. The van der Waals surface area contributed by atoms with Crippen LogP contribution in [0.4, 0.5) is 0 Å². The van der Waals surface area contributed by atoms with E-state index in [1.165, 1.54) is 9.75 Å². The van der Waals surface area contributed by atoms with Crippen molar-refractivity contribution in [3.8, 4) is 0 Å². The van der Waals surface area contributed by atoms with Crippen molar-refractivity contribution < 1.29 is 4.74 Å². The fraction of sp³-hybridized carbons (Fsp3) is 0.688. The number of guanidine groups is 1. The number of rotatable bonds is 5. The van der Waals surface area contributed by atoms with Crippen molar-refractivity contribution in [2.75, 3.05) is 39.9 Å². The molecule has 0 aromatic carbocycles. The van der Waals surface area contributed by atoms with E-state index in [0.717, 1.165) is 38.8 Å². The van der Waals surface area contributed by atoms with Crippen LogP contribution in [0.5, 0.6) is 0 Å². The van der Waals surface area contributed by atoms with Gasteiger partial charge in [0.05, 0.1) is 19.3 Å². The highest BCUT2D eigenvalue weighted by molar-refractivity contribution is 7.12. The van der Waals surface area contributed by atoms with Crippen LogP contribution in [-0.4, -0.2) is 56.8 Å². The van der Waals surface area contributed by atoms with Crippen LogP contribution in [0, 0.1) is 6.92 Å². The molecule has 0 amide bonds. The molecule has 5 nitrogen and oxygen atoms in total. The Morgan fingerprint density at radius 3 is 2.64 bits per heavy atom. The summed E-state index contributed by atoms with van der Waals surface area (Å²) < 4.78 is 5.50. The summed E-state index contributed by atoms with van der Waals surface area (Å²) in [6.45, 7) is 10.9. The van der Waals surface area contributed by atoms with Gasteiger partial charge in [-0.1, -0.05) is 0 Å². The molecule has 1 saturated heterocycles. The molecule has 1 aromatic heterocycles. The topological polar surface area (TPSA) is 48.9 Å². The second kappa shape index (κ2) is 8.50. The second-order valence-corrected chi connectivity index (χ2v) is 7.18. The first-order valence-corrected chi connectivity index (χ1v) is 8.77. The van der Waals surface area contributed by atoms with E-state index in [9.17, 15) is 0 Å². The fourth-order valence-electron chi connectivity index (χ4n) is 2.59. The molecule has 2 rings (SSSR count). The van der Waals surface area contributed by atoms with Crippen molar-refractivity contribution in [3.63, 3.8) is 0 Å². The fourth-order valence-corrected chi connectivity index (χ4v) is 3.61. The summed E-state index contributed by atoms with van der Waals surface area (Å²) in [5.74, 6) is 0.863. The number of hydrogen-bond acceptors (Lipinski definition) is 4. The van der Waals surface area contributed by atoms with E-state index in [1.54, 1.807) is 0 Å². The summed E-state index contributed by atoms with van der Waals surface area (Å²) >= 11 is 1.88. The lowest BCUT2D eigenvalue weighted by Crippen LogP contribution is -2.47. The molecule has 22 heavy (non-hydrogen) atoms. The molecule has 2 N–H and O–H groups in total. The van der Waals surface area contributed by atoms with Crippen LogP contribution in [0.1, 0.15) is 29.6 Å². The Morgan fingerprint density at radius 2 is 2.09 bits per heavy atom. The summed E-state index contributed by atoms with van der Waals surface area (Å²) in [4.78, 5) is 9.57. The standard InChI is InChI=1S/C16H28N4OS/c1-12(2)19-16(17-4)18-11-14(15-6-5-13(3)22-15)20-7-9-21-10-8-20/h5-6,12,14H,7-11H2,1-4H3,(H2,17,18,19). The summed E-state index contributed by atoms with van der Waals surface area (Å²) in [7, 11) is 1.82. The first-order chi connectivity index (χ1) is 10.6. The second-order valence-electron chi connectivity index (χ2n) is 5.86. The van der Waals surface area contributed by atoms with Crippen LogP contribution in [0.25, 0.3) is 0 Å². The van der Waals surface area contributed by atoms with Gasteiger partial charge in [-0.3, -0.25) is 9.89 Å². The van der Waals surface area contributed by atoms with Crippen molar-refractivity contribution in [2.45, 2.75) is 32.9 Å². The van der Waals surface area contributed by atoms with E-state index in [0.29, 0.717) is 12.1 Å². The number of thiophene rings is 1. The lowest BCUT2D eigenvalue weighted by molar-refractivity contribution is 0.0177. The van der Waals surface area contributed by atoms with E-state index < -0.39 is 0 Å². The quantitative estimate of drug-likeness (QED) is 0.642. The molecule has 1 fully saturated rings. The molecule has 1 aliphatic rings. The largest absolute Gasteiger partial charge is 0.379 e. The average molecular weight is 324 g/mol. The molecule has 0 spiro atoms. The molecular weight excluding hydrogens is 296 g/mol. The maximum Gasteiger partial charge on any atom is 0.191 e. The van der Waals surface area contributed by atoms with Crippen LogP contribution in [-0.2, 0) is 4.74 Å². The molecule has 0 saturated carbocycles. The Kier molecular flexibility index (Phi) is 6.67. The molecule has 1 aromatic rings. The minimum Gasteiger partial charge on any atom is -0.379 e. The van der Waals surface area contributed by atoms with Gasteiger partial charge in [-0.25, -0.2) is 0 Å². The highest BCUT2D eigenvalue weighted by Crippen LogP contribution is 2.27. The van der Waals surface area contributed by atoms with Crippen LogP contribution in [0.15, 0.2) is 17.1 Å². The molecule has 1 atom stereocenters. The monoisotopic (exact) mass is 324 g/mol. The van der Waals surface area contributed by atoms with Gasteiger partial charge in [0.2, 0.25) is 0 Å². The van der Waals surface area contributed by atoms with Gasteiger partial charge in [0.15, 0.2) is 5.96 Å². The van der Waals surface area contributed by atoms with Crippen molar-refractivity contribution in [3.05, 3.63) is 21.9 Å². The smallest absolute Gasteiger partial charge is 0.191 e. The van der Waals surface area contributed by atoms with E-state index in [4.69, 9.17) is 4.74 Å². The third-order valence-corrected chi connectivity index (χ3v) is 4.79. The first-order valence-electron chi connectivity index (χ1n) is 7.95. The Labute approximate surface area is 137 Å². The molecular formula is C16H28N4OS. The third-order valence-electron chi connectivity index (χ3n) is 3.69. The van der Waals surface area contributed by atoms with E-state index in [-0.39, 0.29) is 0 Å². The molecule has 1 unspecified atom stereocenters. The van der Waals surface area contributed by atoms with Gasteiger partial charge in [-0.15, -0.1) is 11.3 Å². The Bertz CT molecular complexity index is 480. The van der Waals surface area contributed by atoms with Gasteiger partial charge in [0.1, 0.15) is 0 Å². The number of nitrogens with zero attached hydrogens (tertiary/aromatic N) is 2. The van der Waals surface area contributed by atoms with Crippen molar-refractivity contribution in [1.29, 1.82) is 0 Å². The SMILES string of the molecule is CN=C(NCC(c1ccc(C)s1)N1CCOCC1)NC(C)C. The number of morpholine rings is 1. The minimum atomic E-state index is 0.369. The van der Waals surface area contributed by atoms with Crippen LogP contribution in [0.3, 0.4) is 0 Å². The van der Waals surface area contributed by atoms with Crippen molar-refractivity contribution in [1.82, 2.24) is 15.5 Å². The molecule has 1 aliphatic heterocycles. The maximum absolute atomic E-state index is 5.50. The van der Waals surface area contributed by atoms with Gasteiger partial charge in [0.25, 0.3) is 0 Å². The van der Waals surface area contributed by atoms with Gasteiger partial charge >= 0.3 is 0 Å². The summed E-state index contributed by atoms with van der Waals surface area (Å²) in [5, 5.41) is 6.81. The normalized spacial score (nSPS) is 18.5.